The molecule has 218 valence electrons. The molecule has 0 bridgehead atoms. The van der Waals surface area contributed by atoms with Crippen molar-refractivity contribution in [1.29, 1.82) is 5.26 Å². The van der Waals surface area contributed by atoms with Gasteiger partial charge in [-0.05, 0) is 67.3 Å². The average molecular weight is 605 g/mol. The van der Waals surface area contributed by atoms with Crippen LogP contribution in [0.5, 0.6) is 17.2 Å². The molecule has 1 aromatic heterocycles. The van der Waals surface area contributed by atoms with Crippen molar-refractivity contribution < 1.29 is 19.0 Å². The maximum absolute atomic E-state index is 13.5. The molecule has 2 aromatic carbocycles. The number of nitriles is 1. The van der Waals surface area contributed by atoms with Crippen molar-refractivity contribution in [3.05, 3.63) is 85.5 Å². The van der Waals surface area contributed by atoms with Crippen LogP contribution in [0, 0.1) is 18.3 Å². The van der Waals surface area contributed by atoms with Crippen molar-refractivity contribution in [2.45, 2.75) is 33.4 Å². The molecule has 1 aliphatic rings. The lowest BCUT2D eigenvalue weighted by Gasteiger charge is -2.19. The summed E-state index contributed by atoms with van der Waals surface area (Å²) in [5.41, 5.74) is 2.71. The number of carbonyl (C=O) groups is 1. The van der Waals surface area contributed by atoms with Gasteiger partial charge in [0, 0.05) is 25.2 Å². The number of aromatic nitrogens is 1. The average Bonchev–Trinajstić information content (AvgIpc) is 3.27. The van der Waals surface area contributed by atoms with E-state index >= 15 is 0 Å². The second kappa shape index (κ2) is 13.6. The minimum absolute atomic E-state index is 0.0435. The number of nitrogens with one attached hydrogen (secondary N) is 1. The molecule has 4 rings (SSSR count). The fourth-order valence-corrected chi connectivity index (χ4v) is 5.98. The van der Waals surface area contributed by atoms with Crippen LogP contribution >= 0.6 is 24.0 Å². The van der Waals surface area contributed by atoms with Crippen molar-refractivity contribution in [3.8, 4) is 23.3 Å². The van der Waals surface area contributed by atoms with Gasteiger partial charge in [-0.2, -0.15) is 5.26 Å². The Morgan fingerprint density at radius 3 is 2.33 bits per heavy atom. The third-order valence-electron chi connectivity index (χ3n) is 7.03. The van der Waals surface area contributed by atoms with Gasteiger partial charge >= 0.3 is 0 Å². The Labute approximate surface area is 254 Å². The van der Waals surface area contributed by atoms with E-state index in [-0.39, 0.29) is 17.0 Å². The number of benzene rings is 2. The summed E-state index contributed by atoms with van der Waals surface area (Å²) in [5.74, 6) is 2.30. The lowest BCUT2D eigenvalue weighted by atomic mass is 10.0. The number of hydrogen-bond acceptors (Lipinski definition) is 9. The van der Waals surface area contributed by atoms with Gasteiger partial charge in [-0.25, -0.2) is 0 Å². The van der Waals surface area contributed by atoms with Crippen molar-refractivity contribution in [3.63, 3.8) is 0 Å². The Kier molecular flexibility index (Phi) is 9.93. The molecular weight excluding hydrogens is 572 g/mol. The lowest BCUT2D eigenvalue weighted by Crippen LogP contribution is -2.30. The van der Waals surface area contributed by atoms with Crippen LogP contribution in [0.3, 0.4) is 0 Å². The molecule has 0 radical (unpaired) electrons. The first-order chi connectivity index (χ1) is 20.3. The van der Waals surface area contributed by atoms with Crippen LogP contribution in [0.1, 0.15) is 34.7 Å². The molecule has 0 saturated carbocycles. The van der Waals surface area contributed by atoms with Gasteiger partial charge in [0.25, 0.3) is 11.5 Å². The number of methoxy groups -OCH3 is 3. The number of rotatable bonds is 11. The van der Waals surface area contributed by atoms with Crippen molar-refractivity contribution in [2.75, 3.05) is 33.2 Å². The van der Waals surface area contributed by atoms with E-state index in [9.17, 15) is 14.9 Å². The highest BCUT2D eigenvalue weighted by Gasteiger charge is 2.32. The smallest absolute Gasteiger partial charge is 0.270 e. The number of ether oxygens (including phenoxy) is 3. The Bertz CT molecular complexity index is 1640. The lowest BCUT2D eigenvalue weighted by molar-refractivity contribution is -0.122. The van der Waals surface area contributed by atoms with E-state index in [4.69, 9.17) is 26.4 Å². The van der Waals surface area contributed by atoms with Gasteiger partial charge < -0.3 is 19.5 Å². The maximum Gasteiger partial charge on any atom is 0.270 e. The van der Waals surface area contributed by atoms with Crippen molar-refractivity contribution in [2.24, 2.45) is 0 Å². The molecule has 1 saturated heterocycles. The van der Waals surface area contributed by atoms with Gasteiger partial charge in [0.2, 0.25) is 0 Å². The molecular formula is C31H32N4O5S2. The fraction of sp³-hybridized carbons (Fsp3) is 0.290. The minimum Gasteiger partial charge on any atom is -0.497 e. The first-order valence-electron chi connectivity index (χ1n) is 13.3. The Balaban J connectivity index is 1.65. The first kappa shape index (κ1) is 30.7. The van der Waals surface area contributed by atoms with Crippen LogP contribution in [-0.4, -0.2) is 47.6 Å². The molecule has 1 fully saturated rings. The van der Waals surface area contributed by atoms with Crippen LogP contribution in [0.15, 0.2) is 52.2 Å². The number of amides is 1. The Morgan fingerprint density at radius 2 is 1.71 bits per heavy atom. The van der Waals surface area contributed by atoms with Crippen molar-refractivity contribution in [1.82, 2.24) is 9.47 Å². The number of anilines is 1. The SMILES string of the molecule is CCn1c(NCc2ccc(OC)cc2)c(/C=C2/SC(=S)N(CCc3ccc(OC)c(OC)c3)C2=O)c(C)c(C#N)c1=O. The van der Waals surface area contributed by atoms with Crippen LogP contribution in [0.25, 0.3) is 6.08 Å². The summed E-state index contributed by atoms with van der Waals surface area (Å²) >= 11 is 6.79. The molecule has 11 heteroatoms. The summed E-state index contributed by atoms with van der Waals surface area (Å²) in [7, 11) is 4.77. The highest BCUT2D eigenvalue weighted by atomic mass is 32.2. The molecule has 2 heterocycles. The third kappa shape index (κ3) is 6.30. The van der Waals surface area contributed by atoms with E-state index < -0.39 is 0 Å². The Morgan fingerprint density at radius 1 is 1.02 bits per heavy atom. The largest absolute Gasteiger partial charge is 0.497 e. The molecule has 0 aliphatic carbocycles. The molecule has 1 amide bonds. The summed E-state index contributed by atoms with van der Waals surface area (Å²) < 4.78 is 17.9. The van der Waals surface area contributed by atoms with Crippen LogP contribution in [-0.2, 0) is 24.3 Å². The van der Waals surface area contributed by atoms with Gasteiger partial charge in [0.05, 0.1) is 26.2 Å². The zero-order chi connectivity index (χ0) is 30.4. The van der Waals surface area contributed by atoms with E-state index in [2.05, 4.69) is 11.4 Å². The van der Waals surface area contributed by atoms with Gasteiger partial charge in [-0.1, -0.05) is 42.2 Å². The topological polar surface area (TPSA) is 106 Å². The van der Waals surface area contributed by atoms with Crippen LogP contribution < -0.4 is 25.1 Å². The summed E-state index contributed by atoms with van der Waals surface area (Å²) in [4.78, 5) is 28.7. The summed E-state index contributed by atoms with van der Waals surface area (Å²) in [6.45, 7) is 4.71. The predicted octanol–water partition coefficient (Wildman–Crippen LogP) is 5.13. The molecule has 0 spiro atoms. The predicted molar refractivity (Wildman–Crippen MR) is 169 cm³/mol. The molecule has 1 N–H and O–H groups in total. The molecule has 9 nitrogen and oxygen atoms in total. The normalized spacial score (nSPS) is 13.8. The van der Waals surface area contributed by atoms with E-state index in [1.807, 2.05) is 49.4 Å². The summed E-state index contributed by atoms with van der Waals surface area (Å²) in [6.07, 6.45) is 2.29. The number of thiocarbonyl (C=S) groups is 1. The highest BCUT2D eigenvalue weighted by molar-refractivity contribution is 8.26. The first-order valence-corrected chi connectivity index (χ1v) is 14.5. The van der Waals surface area contributed by atoms with E-state index in [1.54, 1.807) is 39.2 Å². The summed E-state index contributed by atoms with van der Waals surface area (Å²) in [5, 5.41) is 13.2. The van der Waals surface area contributed by atoms with Crippen LogP contribution in [0.4, 0.5) is 5.82 Å². The third-order valence-corrected chi connectivity index (χ3v) is 8.41. The molecule has 0 unspecified atom stereocenters. The van der Waals surface area contributed by atoms with Gasteiger partial charge in [-0.3, -0.25) is 19.1 Å². The fourth-order valence-electron chi connectivity index (χ4n) is 4.69. The van der Waals surface area contributed by atoms with Gasteiger partial charge in [0.1, 0.15) is 27.5 Å². The van der Waals surface area contributed by atoms with E-state index in [1.165, 1.54) is 16.3 Å². The number of pyridine rings is 1. The van der Waals surface area contributed by atoms with E-state index in [0.717, 1.165) is 16.9 Å². The standard InChI is InChI=1S/C31H32N4O5S2/c1-6-34-28(33-18-21-7-10-22(38-3)11-8-21)23(19(2)24(17-32)29(34)36)16-27-30(37)35(31(41)42-27)14-13-20-9-12-25(39-4)26(15-20)40-5/h7-12,15-16,33H,6,13-14,18H2,1-5H3/b27-16+. The molecule has 42 heavy (non-hydrogen) atoms. The van der Waals surface area contributed by atoms with E-state index in [0.29, 0.717) is 63.7 Å². The molecule has 1 aliphatic heterocycles. The zero-order valence-electron chi connectivity index (χ0n) is 24.1. The summed E-state index contributed by atoms with van der Waals surface area (Å²) in [6, 6.07) is 15.3. The quantitative estimate of drug-likeness (QED) is 0.236. The number of carbonyl (C=O) groups excluding carboxylic acids is 1. The minimum atomic E-state index is -0.380. The molecule has 0 atom stereocenters. The Hall–Kier alpha value is -4.27. The second-order valence-electron chi connectivity index (χ2n) is 9.40. The second-order valence-corrected chi connectivity index (χ2v) is 11.1. The van der Waals surface area contributed by atoms with Gasteiger partial charge in [-0.15, -0.1) is 0 Å². The zero-order valence-corrected chi connectivity index (χ0v) is 25.8. The van der Waals surface area contributed by atoms with Crippen molar-refractivity contribution >= 4 is 46.1 Å². The number of thioether (sulfide) groups is 1. The molecule has 3 aromatic rings. The maximum atomic E-state index is 13.5. The highest BCUT2D eigenvalue weighted by Crippen LogP contribution is 2.35. The van der Waals surface area contributed by atoms with Gasteiger partial charge in [0.15, 0.2) is 11.5 Å². The number of hydrogen-bond donors (Lipinski definition) is 1. The van der Waals surface area contributed by atoms with Crippen LogP contribution in [0.2, 0.25) is 0 Å². The number of nitrogens with zero attached hydrogens (tertiary/aromatic N) is 3. The monoisotopic (exact) mass is 604 g/mol.